The molecule has 0 fully saturated rings. The molecule has 2 aromatic carbocycles. The topological polar surface area (TPSA) is 6.48 Å². The average Bonchev–Trinajstić information content (AvgIpc) is 3.04. The summed E-state index contributed by atoms with van der Waals surface area (Å²) in [6, 6.07) is 18.4. The van der Waals surface area contributed by atoms with Crippen LogP contribution in [0.3, 0.4) is 0 Å². The fourth-order valence-corrected chi connectivity index (χ4v) is 8.81. The van der Waals surface area contributed by atoms with Gasteiger partial charge >= 0.3 is 176 Å². The van der Waals surface area contributed by atoms with Gasteiger partial charge in [0, 0.05) is 0 Å². The fourth-order valence-electron chi connectivity index (χ4n) is 3.84. The van der Waals surface area contributed by atoms with Crippen LogP contribution in [0.25, 0.3) is 0 Å². The molecular weight excluding hydrogens is 462 g/mol. The van der Waals surface area contributed by atoms with Gasteiger partial charge in [-0.15, -0.1) is 0 Å². The second-order valence-electron chi connectivity index (χ2n) is 6.84. The van der Waals surface area contributed by atoms with Gasteiger partial charge in [0.2, 0.25) is 0 Å². The monoisotopic (exact) mass is 490 g/mol. The minimum absolute atomic E-state index is 0.412. The molecule has 0 spiro atoms. The SMILES string of the molecule is CCN1C(=CC(C)=CC2C[Se]c3ccccc3N2CC)[Se]c2ccccc21. The summed E-state index contributed by atoms with van der Waals surface area (Å²) in [5.74, 6) is 0. The first-order valence-electron chi connectivity index (χ1n) is 9.64. The number of nitrogens with zero attached hydrogens (tertiary/aromatic N) is 2. The summed E-state index contributed by atoms with van der Waals surface area (Å²) in [4.78, 5) is 5.07. The standard InChI is InChI=1S/C23H26N2Se2/c1-4-24-18(16-26-21-12-8-6-10-19(21)24)14-17(3)15-23-25(5-2)20-11-7-9-13-22(20)27-23/h6-15,18H,4-5,16H2,1-3H3. The van der Waals surface area contributed by atoms with E-state index in [9.17, 15) is 0 Å². The van der Waals surface area contributed by atoms with E-state index in [4.69, 9.17) is 0 Å². The van der Waals surface area contributed by atoms with Crippen LogP contribution in [-0.2, 0) is 0 Å². The van der Waals surface area contributed by atoms with Gasteiger partial charge in [0.25, 0.3) is 0 Å². The van der Waals surface area contributed by atoms with Crippen LogP contribution < -0.4 is 18.7 Å². The Kier molecular flexibility index (Phi) is 5.80. The van der Waals surface area contributed by atoms with E-state index < -0.39 is 0 Å². The second kappa shape index (κ2) is 8.29. The van der Waals surface area contributed by atoms with Crippen molar-refractivity contribution in [3.63, 3.8) is 0 Å². The molecule has 0 saturated carbocycles. The van der Waals surface area contributed by atoms with E-state index in [-0.39, 0.29) is 0 Å². The molecule has 0 N–H and O–H groups in total. The number of hydrogen-bond acceptors (Lipinski definition) is 2. The summed E-state index contributed by atoms with van der Waals surface area (Å²) in [6.45, 7) is 8.92. The van der Waals surface area contributed by atoms with Crippen LogP contribution in [-0.4, -0.2) is 49.0 Å². The number of benzene rings is 2. The van der Waals surface area contributed by atoms with Crippen molar-refractivity contribution in [1.29, 1.82) is 0 Å². The Balaban J connectivity index is 1.59. The molecule has 2 nitrogen and oxygen atoms in total. The van der Waals surface area contributed by atoms with E-state index >= 15 is 0 Å². The van der Waals surface area contributed by atoms with Gasteiger partial charge in [-0.25, -0.2) is 0 Å². The first kappa shape index (κ1) is 18.9. The van der Waals surface area contributed by atoms with Gasteiger partial charge in [0.1, 0.15) is 0 Å². The Morgan fingerprint density at radius 3 is 2.44 bits per heavy atom. The van der Waals surface area contributed by atoms with Crippen LogP contribution in [0.4, 0.5) is 11.4 Å². The van der Waals surface area contributed by atoms with Crippen molar-refractivity contribution >= 4 is 50.2 Å². The third kappa shape index (κ3) is 3.77. The molecule has 0 saturated heterocycles. The molecule has 2 aliphatic heterocycles. The molecule has 2 aromatic rings. The molecule has 0 amide bonds. The molecule has 4 heteroatoms. The molecule has 0 aliphatic carbocycles. The molecule has 140 valence electrons. The molecule has 4 rings (SSSR count). The molecule has 0 bridgehead atoms. The van der Waals surface area contributed by atoms with Crippen molar-refractivity contribution in [2.45, 2.75) is 32.1 Å². The molecule has 0 radical (unpaired) electrons. The minimum atomic E-state index is 0.412. The van der Waals surface area contributed by atoms with E-state index in [2.05, 4.69) is 91.3 Å². The zero-order chi connectivity index (χ0) is 18.8. The van der Waals surface area contributed by atoms with Crippen molar-refractivity contribution in [3.8, 4) is 0 Å². The van der Waals surface area contributed by atoms with Gasteiger partial charge in [0.05, 0.1) is 0 Å². The van der Waals surface area contributed by atoms with Gasteiger partial charge in [-0.05, 0) is 0 Å². The van der Waals surface area contributed by atoms with Crippen molar-refractivity contribution in [2.75, 3.05) is 22.9 Å². The van der Waals surface area contributed by atoms with E-state index in [1.807, 2.05) is 0 Å². The quantitative estimate of drug-likeness (QED) is 0.610. The second-order valence-corrected chi connectivity index (χ2v) is 11.3. The first-order valence-corrected chi connectivity index (χ1v) is 13.4. The summed E-state index contributed by atoms with van der Waals surface area (Å²) in [5, 5.41) is 1.27. The fraction of sp³-hybridized carbons (Fsp3) is 0.304. The third-order valence-corrected chi connectivity index (χ3v) is 9.86. The molecule has 27 heavy (non-hydrogen) atoms. The Morgan fingerprint density at radius 2 is 1.70 bits per heavy atom. The van der Waals surface area contributed by atoms with Crippen LogP contribution in [0.1, 0.15) is 20.8 Å². The van der Waals surface area contributed by atoms with E-state index in [1.165, 1.54) is 31.3 Å². The Bertz CT molecular complexity index is 887. The van der Waals surface area contributed by atoms with Gasteiger partial charge in [-0.2, -0.15) is 0 Å². The molecule has 2 aliphatic rings. The van der Waals surface area contributed by atoms with E-state index in [0.717, 1.165) is 13.1 Å². The predicted octanol–water partition coefficient (Wildman–Crippen LogP) is 3.30. The number of anilines is 2. The molecule has 0 aromatic heterocycles. The summed E-state index contributed by atoms with van der Waals surface area (Å²) >= 11 is 0.981. The third-order valence-electron chi connectivity index (χ3n) is 5.08. The van der Waals surface area contributed by atoms with Crippen LogP contribution >= 0.6 is 0 Å². The van der Waals surface area contributed by atoms with Gasteiger partial charge < -0.3 is 0 Å². The van der Waals surface area contributed by atoms with Crippen molar-refractivity contribution in [3.05, 3.63) is 70.9 Å². The van der Waals surface area contributed by atoms with Gasteiger partial charge in [-0.3, -0.25) is 0 Å². The Hall–Kier alpha value is -1.44. The van der Waals surface area contributed by atoms with Crippen LogP contribution in [0, 0.1) is 0 Å². The van der Waals surface area contributed by atoms with Crippen molar-refractivity contribution in [1.82, 2.24) is 0 Å². The Morgan fingerprint density at radius 1 is 1.00 bits per heavy atom. The number of fused-ring (bicyclic) bond motifs is 2. The maximum atomic E-state index is 2.58. The summed E-state index contributed by atoms with van der Waals surface area (Å²) in [5.41, 5.74) is 4.25. The van der Waals surface area contributed by atoms with Crippen molar-refractivity contribution in [2.24, 2.45) is 0 Å². The number of rotatable bonds is 4. The average molecular weight is 488 g/mol. The van der Waals surface area contributed by atoms with E-state index in [1.54, 1.807) is 4.46 Å². The summed E-state index contributed by atoms with van der Waals surface area (Å²) < 4.78 is 4.56. The van der Waals surface area contributed by atoms with Crippen molar-refractivity contribution < 1.29 is 0 Å². The normalized spacial score (nSPS) is 20.8. The maximum absolute atomic E-state index is 2.58. The van der Waals surface area contributed by atoms with E-state index in [0.29, 0.717) is 36.0 Å². The number of para-hydroxylation sites is 2. The number of allylic oxidation sites excluding steroid dienone is 2. The molecule has 1 atom stereocenters. The summed E-state index contributed by atoms with van der Waals surface area (Å²) in [6.07, 6.45) is 4.94. The van der Waals surface area contributed by atoms with Crippen LogP contribution in [0.5, 0.6) is 0 Å². The zero-order valence-electron chi connectivity index (χ0n) is 16.2. The van der Waals surface area contributed by atoms with Gasteiger partial charge in [0.15, 0.2) is 0 Å². The number of likely N-dealkylation sites (N-methyl/N-ethyl adjacent to an activating group) is 1. The molecule has 2 heterocycles. The number of hydrogen-bond donors (Lipinski definition) is 0. The first-order chi connectivity index (χ1) is 13.2. The molecule has 1 unspecified atom stereocenters. The molecular formula is C23H26N2Se2. The van der Waals surface area contributed by atoms with Crippen LogP contribution in [0.2, 0.25) is 5.32 Å². The van der Waals surface area contributed by atoms with Crippen LogP contribution in [0.15, 0.2) is 70.9 Å². The predicted molar refractivity (Wildman–Crippen MR) is 120 cm³/mol. The van der Waals surface area contributed by atoms with Gasteiger partial charge in [-0.1, -0.05) is 0 Å². The Labute approximate surface area is 175 Å². The zero-order valence-corrected chi connectivity index (χ0v) is 19.6. The summed E-state index contributed by atoms with van der Waals surface area (Å²) in [7, 11) is 0.